The van der Waals surface area contributed by atoms with E-state index in [0.29, 0.717) is 11.3 Å². The number of fused-ring (bicyclic) bond motifs is 1. The Morgan fingerprint density at radius 3 is 2.78 bits per heavy atom. The molecule has 0 amide bonds. The van der Waals surface area contributed by atoms with Crippen molar-refractivity contribution in [2.45, 2.75) is 20.0 Å². The minimum atomic E-state index is -1.30. The number of carbonyl (C=O) groups is 1. The molecule has 18 heavy (non-hydrogen) atoms. The van der Waals surface area contributed by atoms with Crippen LogP contribution in [-0.4, -0.2) is 12.1 Å². The van der Waals surface area contributed by atoms with E-state index in [1.54, 1.807) is 19.1 Å². The fourth-order valence-corrected chi connectivity index (χ4v) is 1.63. The van der Waals surface area contributed by atoms with Gasteiger partial charge >= 0.3 is 5.63 Å². The van der Waals surface area contributed by atoms with Gasteiger partial charge in [-0.2, -0.15) is 0 Å². The summed E-state index contributed by atoms with van der Waals surface area (Å²) in [6.45, 7) is 3.16. The van der Waals surface area contributed by atoms with Crippen molar-refractivity contribution in [3.63, 3.8) is 0 Å². The molecule has 0 bridgehead atoms. The summed E-state index contributed by atoms with van der Waals surface area (Å²) in [6.07, 6.45) is -1.07. The number of aliphatic carboxylic acids is 1. The molecule has 0 aliphatic heterocycles. The molecule has 5 heteroatoms. The zero-order chi connectivity index (χ0) is 13.3. The Hall–Kier alpha value is -2.30. The molecule has 0 fully saturated rings. The lowest BCUT2D eigenvalue weighted by molar-refractivity contribution is -0.312. The molecule has 5 nitrogen and oxygen atoms in total. The average molecular weight is 247 g/mol. The van der Waals surface area contributed by atoms with Gasteiger partial charge in [0.15, 0.2) is 0 Å². The number of ether oxygens (including phenoxy) is 1. The molecule has 1 atom stereocenters. The normalized spacial score (nSPS) is 12.3. The standard InChI is InChI=1S/C13H12O5/c1-7-5-12(14)18-11-6-9(3-4-10(7)11)17-8(2)13(15)16/h3-6,8H,1-2H3,(H,15,16)/p-1/t8-/m0/s1. The third kappa shape index (κ3) is 2.34. The van der Waals surface area contributed by atoms with Crippen LogP contribution >= 0.6 is 0 Å². The number of benzene rings is 1. The van der Waals surface area contributed by atoms with Crippen LogP contribution in [0.1, 0.15) is 12.5 Å². The highest BCUT2D eigenvalue weighted by molar-refractivity contribution is 5.81. The number of carbonyl (C=O) groups excluding carboxylic acids is 1. The van der Waals surface area contributed by atoms with Crippen molar-refractivity contribution in [1.29, 1.82) is 0 Å². The van der Waals surface area contributed by atoms with Crippen LogP contribution in [0.5, 0.6) is 5.75 Å². The maximum atomic E-state index is 11.2. The van der Waals surface area contributed by atoms with Crippen molar-refractivity contribution in [3.8, 4) is 5.75 Å². The van der Waals surface area contributed by atoms with Crippen molar-refractivity contribution in [1.82, 2.24) is 0 Å². The van der Waals surface area contributed by atoms with Crippen LogP contribution in [0.25, 0.3) is 11.0 Å². The highest BCUT2D eigenvalue weighted by Crippen LogP contribution is 2.22. The quantitative estimate of drug-likeness (QED) is 0.743. The summed E-state index contributed by atoms with van der Waals surface area (Å²) in [5, 5.41) is 11.3. The zero-order valence-electron chi connectivity index (χ0n) is 9.93. The SMILES string of the molecule is Cc1cc(=O)oc2cc(O[C@@H](C)C(=O)[O-])ccc12. The van der Waals surface area contributed by atoms with E-state index in [1.165, 1.54) is 19.1 Å². The van der Waals surface area contributed by atoms with Gasteiger partial charge < -0.3 is 19.1 Å². The Labute approximate surface area is 103 Å². The summed E-state index contributed by atoms with van der Waals surface area (Å²) in [5.74, 6) is -0.992. The Bertz CT molecular complexity index is 656. The first-order valence-electron chi connectivity index (χ1n) is 5.39. The fraction of sp³-hybridized carbons (Fsp3) is 0.231. The van der Waals surface area contributed by atoms with Gasteiger partial charge in [0.2, 0.25) is 0 Å². The number of hydrogen-bond donors (Lipinski definition) is 0. The third-order valence-electron chi connectivity index (χ3n) is 2.57. The monoisotopic (exact) mass is 247 g/mol. The van der Waals surface area contributed by atoms with Gasteiger partial charge in [-0.25, -0.2) is 4.79 Å². The molecule has 1 heterocycles. The smallest absolute Gasteiger partial charge is 0.336 e. The highest BCUT2D eigenvalue weighted by Gasteiger charge is 2.07. The van der Waals surface area contributed by atoms with Gasteiger partial charge in [0, 0.05) is 17.5 Å². The molecule has 0 N–H and O–H groups in total. The molecule has 0 saturated heterocycles. The van der Waals surface area contributed by atoms with Crippen LogP contribution in [0.2, 0.25) is 0 Å². The van der Waals surface area contributed by atoms with E-state index in [9.17, 15) is 14.7 Å². The number of aryl methyl sites for hydroxylation is 1. The van der Waals surface area contributed by atoms with Gasteiger partial charge in [0.1, 0.15) is 17.4 Å². The molecule has 1 aromatic heterocycles. The van der Waals surface area contributed by atoms with Crippen LogP contribution in [0.4, 0.5) is 0 Å². The summed E-state index contributed by atoms with van der Waals surface area (Å²) in [6, 6.07) is 6.22. The second kappa shape index (κ2) is 4.52. The molecule has 0 aliphatic carbocycles. The lowest BCUT2D eigenvalue weighted by Crippen LogP contribution is -2.37. The van der Waals surface area contributed by atoms with Gasteiger partial charge in [0.25, 0.3) is 0 Å². The molecule has 2 aromatic rings. The van der Waals surface area contributed by atoms with Crippen LogP contribution in [0.15, 0.2) is 33.5 Å². The first-order chi connectivity index (χ1) is 8.47. The van der Waals surface area contributed by atoms with E-state index in [1.807, 2.05) is 0 Å². The minimum absolute atomic E-state index is 0.313. The molecule has 0 saturated carbocycles. The Balaban J connectivity index is 2.44. The van der Waals surface area contributed by atoms with Gasteiger partial charge in [-0.3, -0.25) is 0 Å². The molecule has 2 rings (SSSR count). The maximum absolute atomic E-state index is 11.2. The predicted molar refractivity (Wildman–Crippen MR) is 62.3 cm³/mol. The summed E-state index contributed by atoms with van der Waals surface area (Å²) in [5.41, 5.74) is 0.703. The molecular formula is C13H11O5-. The highest BCUT2D eigenvalue weighted by atomic mass is 16.5. The van der Waals surface area contributed by atoms with Gasteiger partial charge in [-0.1, -0.05) is 0 Å². The summed E-state index contributed by atoms with van der Waals surface area (Å²) < 4.78 is 10.2. The lowest BCUT2D eigenvalue weighted by atomic mass is 10.1. The number of rotatable bonds is 3. The first-order valence-corrected chi connectivity index (χ1v) is 5.39. The third-order valence-corrected chi connectivity index (χ3v) is 2.57. The number of carboxylic acid groups (broad SMARTS) is 1. The van der Waals surface area contributed by atoms with Crippen molar-refractivity contribution in [2.24, 2.45) is 0 Å². The second-order valence-electron chi connectivity index (χ2n) is 3.99. The number of hydrogen-bond acceptors (Lipinski definition) is 5. The molecule has 0 aliphatic rings. The van der Waals surface area contributed by atoms with Gasteiger partial charge in [-0.05, 0) is 31.5 Å². The Morgan fingerprint density at radius 1 is 1.39 bits per heavy atom. The van der Waals surface area contributed by atoms with E-state index in [4.69, 9.17) is 9.15 Å². The largest absolute Gasteiger partial charge is 0.546 e. The fourth-order valence-electron chi connectivity index (χ4n) is 1.63. The molecule has 94 valence electrons. The minimum Gasteiger partial charge on any atom is -0.546 e. The van der Waals surface area contributed by atoms with Crippen molar-refractivity contribution in [2.75, 3.05) is 0 Å². The van der Waals surface area contributed by atoms with E-state index in [0.717, 1.165) is 10.9 Å². The number of carboxylic acids is 1. The zero-order valence-corrected chi connectivity index (χ0v) is 9.93. The van der Waals surface area contributed by atoms with Gasteiger partial charge in [-0.15, -0.1) is 0 Å². The van der Waals surface area contributed by atoms with Crippen LogP contribution < -0.4 is 15.5 Å². The van der Waals surface area contributed by atoms with Gasteiger partial charge in [0.05, 0.1) is 5.97 Å². The first kappa shape index (κ1) is 12.2. The Morgan fingerprint density at radius 2 is 2.11 bits per heavy atom. The van der Waals surface area contributed by atoms with Crippen LogP contribution in [0, 0.1) is 6.92 Å². The van der Waals surface area contributed by atoms with E-state index < -0.39 is 17.7 Å². The van der Waals surface area contributed by atoms with Crippen LogP contribution in [-0.2, 0) is 4.79 Å². The summed E-state index contributed by atoms with van der Waals surface area (Å²) >= 11 is 0. The van der Waals surface area contributed by atoms with E-state index in [2.05, 4.69) is 0 Å². The molecule has 0 unspecified atom stereocenters. The Kier molecular flexibility index (Phi) is 3.06. The molecule has 0 spiro atoms. The molecule has 1 aromatic carbocycles. The van der Waals surface area contributed by atoms with E-state index in [-0.39, 0.29) is 0 Å². The predicted octanol–water partition coefficient (Wildman–Crippen LogP) is 0.619. The van der Waals surface area contributed by atoms with Crippen molar-refractivity contribution in [3.05, 3.63) is 40.2 Å². The lowest BCUT2D eigenvalue weighted by Gasteiger charge is -2.15. The average Bonchev–Trinajstić information content (AvgIpc) is 2.27. The maximum Gasteiger partial charge on any atom is 0.336 e. The summed E-state index contributed by atoms with van der Waals surface area (Å²) in [4.78, 5) is 21.8. The van der Waals surface area contributed by atoms with Crippen molar-refractivity contribution < 1.29 is 19.1 Å². The van der Waals surface area contributed by atoms with E-state index >= 15 is 0 Å². The van der Waals surface area contributed by atoms with Crippen molar-refractivity contribution >= 4 is 16.9 Å². The summed E-state index contributed by atoms with van der Waals surface area (Å²) in [7, 11) is 0. The molecule has 0 radical (unpaired) electrons. The second-order valence-corrected chi connectivity index (χ2v) is 3.99. The van der Waals surface area contributed by atoms with Crippen LogP contribution in [0.3, 0.4) is 0 Å². The molecular weight excluding hydrogens is 236 g/mol. The topological polar surface area (TPSA) is 79.6 Å².